The highest BCUT2D eigenvalue weighted by Crippen LogP contribution is 2.22. The first-order valence-corrected chi connectivity index (χ1v) is 9.45. The summed E-state index contributed by atoms with van der Waals surface area (Å²) in [4.78, 5) is 4.14. The maximum Gasteiger partial charge on any atom is 0.573 e. The van der Waals surface area contributed by atoms with Crippen LogP contribution in [0.4, 0.5) is 13.2 Å². The number of rotatable bonds is 10. The van der Waals surface area contributed by atoms with Crippen molar-refractivity contribution in [3.8, 4) is 5.75 Å². The minimum absolute atomic E-state index is 0. The molecule has 0 aliphatic carbocycles. The summed E-state index contributed by atoms with van der Waals surface area (Å²) in [6.45, 7) is 3.49. The highest BCUT2D eigenvalue weighted by atomic mass is 127. The van der Waals surface area contributed by atoms with Crippen molar-refractivity contribution in [1.29, 1.82) is 0 Å². The van der Waals surface area contributed by atoms with Crippen molar-refractivity contribution in [2.45, 2.75) is 38.1 Å². The number of hydrogen-bond acceptors (Lipinski definition) is 4. The van der Waals surface area contributed by atoms with E-state index in [1.165, 1.54) is 12.1 Å². The van der Waals surface area contributed by atoms with Gasteiger partial charge in [0.2, 0.25) is 0 Å². The summed E-state index contributed by atoms with van der Waals surface area (Å²) >= 11 is 0. The van der Waals surface area contributed by atoms with E-state index >= 15 is 0 Å². The first kappa shape index (κ1) is 25.8. The van der Waals surface area contributed by atoms with E-state index < -0.39 is 6.36 Å². The second-order valence-corrected chi connectivity index (χ2v) is 6.43. The molecular formula is C19H29F3IN3O3. The van der Waals surface area contributed by atoms with Crippen molar-refractivity contribution in [2.75, 3.05) is 40.0 Å². The van der Waals surface area contributed by atoms with Crippen molar-refractivity contribution >= 4 is 29.9 Å². The van der Waals surface area contributed by atoms with Gasteiger partial charge >= 0.3 is 6.36 Å². The van der Waals surface area contributed by atoms with Gasteiger partial charge in [0.15, 0.2) is 5.96 Å². The van der Waals surface area contributed by atoms with E-state index in [0.717, 1.165) is 38.0 Å². The predicted molar refractivity (Wildman–Crippen MR) is 116 cm³/mol. The quantitative estimate of drug-likeness (QED) is 0.210. The molecule has 0 spiro atoms. The van der Waals surface area contributed by atoms with Crippen LogP contribution in [0.25, 0.3) is 0 Å². The number of guanidine groups is 1. The molecule has 1 saturated heterocycles. The Bertz CT molecular complexity index is 595. The van der Waals surface area contributed by atoms with Crippen LogP contribution in [0.2, 0.25) is 0 Å². The van der Waals surface area contributed by atoms with E-state index in [-0.39, 0.29) is 35.8 Å². The van der Waals surface area contributed by atoms with Crippen LogP contribution in [0, 0.1) is 0 Å². The monoisotopic (exact) mass is 531 g/mol. The number of nitrogens with one attached hydrogen (secondary N) is 2. The number of benzene rings is 1. The number of aliphatic imine (C=N–C) groups is 1. The molecule has 0 aromatic heterocycles. The van der Waals surface area contributed by atoms with Gasteiger partial charge in [0.1, 0.15) is 5.75 Å². The van der Waals surface area contributed by atoms with Crippen LogP contribution in [0.15, 0.2) is 29.3 Å². The molecule has 10 heteroatoms. The topological polar surface area (TPSA) is 64.1 Å². The second-order valence-electron chi connectivity index (χ2n) is 6.43. The molecule has 2 N–H and O–H groups in total. The predicted octanol–water partition coefficient (Wildman–Crippen LogP) is 3.50. The second kappa shape index (κ2) is 13.9. The number of alkyl halides is 3. The summed E-state index contributed by atoms with van der Waals surface area (Å²) in [6.07, 6.45) is -0.727. The maximum absolute atomic E-state index is 12.1. The van der Waals surface area contributed by atoms with Crippen LogP contribution in [-0.4, -0.2) is 58.4 Å². The smallest absolute Gasteiger partial charge is 0.406 e. The Hall–Kier alpha value is -1.27. The molecule has 1 atom stereocenters. The summed E-state index contributed by atoms with van der Waals surface area (Å²) in [7, 11) is 1.69. The van der Waals surface area contributed by atoms with E-state index in [0.29, 0.717) is 32.1 Å². The van der Waals surface area contributed by atoms with Crippen LogP contribution < -0.4 is 15.4 Å². The third-order valence-electron chi connectivity index (χ3n) is 4.17. The van der Waals surface area contributed by atoms with Gasteiger partial charge in [-0.3, -0.25) is 4.99 Å². The van der Waals surface area contributed by atoms with Crippen molar-refractivity contribution in [2.24, 2.45) is 4.99 Å². The maximum atomic E-state index is 12.1. The molecule has 1 fully saturated rings. The van der Waals surface area contributed by atoms with Crippen molar-refractivity contribution in [3.63, 3.8) is 0 Å². The highest BCUT2D eigenvalue weighted by molar-refractivity contribution is 14.0. The van der Waals surface area contributed by atoms with Crippen molar-refractivity contribution in [3.05, 3.63) is 29.8 Å². The Kier molecular flexibility index (Phi) is 12.3. The van der Waals surface area contributed by atoms with Gasteiger partial charge < -0.3 is 24.8 Å². The Morgan fingerprint density at radius 3 is 2.55 bits per heavy atom. The number of hydrogen-bond donors (Lipinski definition) is 2. The summed E-state index contributed by atoms with van der Waals surface area (Å²) in [5, 5.41) is 6.37. The molecule has 1 heterocycles. The standard InChI is InChI=1S/C19H28F3N3O3.HI/c1-23-18(24-10-3-12-26-14-17-4-2-13-27-17)25-11-9-15-5-7-16(8-6-15)28-19(20,21)22;/h5-8,17H,2-4,9-14H2,1H3,(H2,23,24,25);1H. The molecule has 0 radical (unpaired) electrons. The lowest BCUT2D eigenvalue weighted by atomic mass is 10.1. The lowest BCUT2D eigenvalue weighted by molar-refractivity contribution is -0.274. The summed E-state index contributed by atoms with van der Waals surface area (Å²) in [6, 6.07) is 5.85. The van der Waals surface area contributed by atoms with Gasteiger partial charge in [0.25, 0.3) is 0 Å². The fourth-order valence-corrected chi connectivity index (χ4v) is 2.78. The normalized spacial score (nSPS) is 17.0. The zero-order valence-electron chi connectivity index (χ0n) is 16.5. The summed E-state index contributed by atoms with van der Waals surface area (Å²) < 4.78 is 51.4. The molecule has 29 heavy (non-hydrogen) atoms. The lowest BCUT2D eigenvalue weighted by Gasteiger charge is -2.13. The SMILES string of the molecule is CN=C(NCCCOCC1CCCO1)NCCc1ccc(OC(F)(F)F)cc1.I. The highest BCUT2D eigenvalue weighted by Gasteiger charge is 2.30. The van der Waals surface area contributed by atoms with Gasteiger partial charge in [-0.25, -0.2) is 0 Å². The van der Waals surface area contributed by atoms with Crippen LogP contribution in [0.1, 0.15) is 24.8 Å². The molecule has 1 aliphatic rings. The molecule has 1 aromatic carbocycles. The molecular weight excluding hydrogens is 502 g/mol. The van der Waals surface area contributed by atoms with E-state index in [2.05, 4.69) is 20.4 Å². The molecule has 2 rings (SSSR count). The van der Waals surface area contributed by atoms with Crippen molar-refractivity contribution < 1.29 is 27.4 Å². The number of ether oxygens (including phenoxy) is 3. The average Bonchev–Trinajstić information content (AvgIpc) is 3.16. The third kappa shape index (κ3) is 11.5. The number of halogens is 4. The van der Waals surface area contributed by atoms with Crippen LogP contribution in [0.5, 0.6) is 5.75 Å². The Morgan fingerprint density at radius 2 is 1.93 bits per heavy atom. The Morgan fingerprint density at radius 1 is 1.21 bits per heavy atom. The van der Waals surface area contributed by atoms with Gasteiger partial charge in [0.05, 0.1) is 12.7 Å². The molecule has 1 unspecified atom stereocenters. The minimum atomic E-state index is -4.67. The largest absolute Gasteiger partial charge is 0.573 e. The van der Waals surface area contributed by atoms with Crippen LogP contribution in [-0.2, 0) is 15.9 Å². The number of nitrogens with zero attached hydrogens (tertiary/aromatic N) is 1. The van der Waals surface area contributed by atoms with E-state index in [1.807, 2.05) is 0 Å². The van der Waals surface area contributed by atoms with E-state index in [4.69, 9.17) is 9.47 Å². The lowest BCUT2D eigenvalue weighted by Crippen LogP contribution is -2.39. The fourth-order valence-electron chi connectivity index (χ4n) is 2.78. The van der Waals surface area contributed by atoms with Gasteiger partial charge in [-0.15, -0.1) is 37.1 Å². The first-order valence-electron chi connectivity index (χ1n) is 9.45. The van der Waals surface area contributed by atoms with Gasteiger partial charge in [-0.2, -0.15) is 0 Å². The van der Waals surface area contributed by atoms with Crippen molar-refractivity contribution in [1.82, 2.24) is 10.6 Å². The fraction of sp³-hybridized carbons (Fsp3) is 0.632. The zero-order chi connectivity index (χ0) is 20.2. The van der Waals surface area contributed by atoms with E-state index in [1.54, 1.807) is 19.2 Å². The van der Waals surface area contributed by atoms with Gasteiger partial charge in [-0.05, 0) is 43.4 Å². The molecule has 0 bridgehead atoms. The first-order chi connectivity index (χ1) is 13.5. The Balaban J connectivity index is 0.00000420. The summed E-state index contributed by atoms with van der Waals surface area (Å²) in [5.41, 5.74) is 0.903. The zero-order valence-corrected chi connectivity index (χ0v) is 18.8. The van der Waals surface area contributed by atoms with Gasteiger partial charge in [-0.1, -0.05) is 12.1 Å². The Labute approximate surface area is 186 Å². The van der Waals surface area contributed by atoms with Crippen LogP contribution >= 0.6 is 24.0 Å². The molecule has 1 aromatic rings. The minimum Gasteiger partial charge on any atom is -0.406 e. The average molecular weight is 531 g/mol. The molecule has 1 aliphatic heterocycles. The van der Waals surface area contributed by atoms with Gasteiger partial charge in [0, 0.05) is 33.4 Å². The van der Waals surface area contributed by atoms with Crippen LogP contribution in [0.3, 0.4) is 0 Å². The van der Waals surface area contributed by atoms with E-state index in [9.17, 15) is 13.2 Å². The molecule has 0 amide bonds. The summed E-state index contributed by atoms with van der Waals surface area (Å²) in [5.74, 6) is 0.458. The molecule has 166 valence electrons. The third-order valence-corrected chi connectivity index (χ3v) is 4.17. The molecule has 0 saturated carbocycles. The molecule has 6 nitrogen and oxygen atoms in total.